The second-order valence-corrected chi connectivity index (χ2v) is 7.60. The molecule has 1 amide bonds. The van der Waals surface area contributed by atoms with Crippen molar-refractivity contribution in [3.05, 3.63) is 56.3 Å². The van der Waals surface area contributed by atoms with Crippen LogP contribution in [0.25, 0.3) is 0 Å². The molecule has 4 N–H and O–H groups in total. The number of aliphatic hydroxyl groups is 1. The molecule has 0 spiro atoms. The van der Waals surface area contributed by atoms with E-state index in [0.717, 1.165) is 0 Å². The number of benzene rings is 1. The Bertz CT molecular complexity index is 955. The number of hydrogen-bond donors (Lipinski definition) is 3. The van der Waals surface area contributed by atoms with Gasteiger partial charge in [-0.1, -0.05) is 35.3 Å². The van der Waals surface area contributed by atoms with E-state index in [1.54, 1.807) is 26.0 Å². The second-order valence-electron chi connectivity index (χ2n) is 6.82. The van der Waals surface area contributed by atoms with Crippen LogP contribution in [0.15, 0.2) is 40.7 Å². The number of halogens is 2. The summed E-state index contributed by atoms with van der Waals surface area (Å²) >= 11 is 12.6. The van der Waals surface area contributed by atoms with Crippen molar-refractivity contribution in [3.63, 3.8) is 0 Å². The Kier molecular flexibility index (Phi) is 7.52. The summed E-state index contributed by atoms with van der Waals surface area (Å²) in [4.78, 5) is 37.4. The molecular formula is C20H22Cl2N2O6. The first-order valence-corrected chi connectivity index (χ1v) is 9.69. The van der Waals surface area contributed by atoms with Gasteiger partial charge in [0, 0.05) is 5.70 Å². The highest BCUT2D eigenvalue weighted by Gasteiger charge is 2.42. The van der Waals surface area contributed by atoms with Gasteiger partial charge in [-0.25, -0.2) is 9.59 Å². The molecule has 0 bridgehead atoms. The van der Waals surface area contributed by atoms with Gasteiger partial charge in [0.2, 0.25) is 0 Å². The van der Waals surface area contributed by atoms with E-state index in [1.807, 2.05) is 0 Å². The maximum atomic E-state index is 13.1. The number of carbonyl (C=O) groups is 3. The average molecular weight is 457 g/mol. The Hall–Kier alpha value is -2.55. The van der Waals surface area contributed by atoms with E-state index < -0.39 is 36.0 Å². The van der Waals surface area contributed by atoms with E-state index in [-0.39, 0.29) is 38.1 Å². The number of aliphatic hydroxyl groups excluding tert-OH is 1. The Balaban J connectivity index is 2.89. The van der Waals surface area contributed by atoms with Crippen LogP contribution in [0.1, 0.15) is 32.3 Å². The van der Waals surface area contributed by atoms with Gasteiger partial charge in [-0.2, -0.15) is 0 Å². The number of methoxy groups -OCH3 is 1. The fourth-order valence-electron chi connectivity index (χ4n) is 3.15. The molecule has 2 unspecified atom stereocenters. The number of ether oxygens (including phenoxy) is 2. The fourth-order valence-corrected chi connectivity index (χ4v) is 3.57. The van der Waals surface area contributed by atoms with Crippen LogP contribution >= 0.6 is 23.2 Å². The van der Waals surface area contributed by atoms with Gasteiger partial charge in [0.25, 0.3) is 5.91 Å². The first-order valence-electron chi connectivity index (χ1n) is 8.93. The molecule has 10 heteroatoms. The summed E-state index contributed by atoms with van der Waals surface area (Å²) in [7, 11) is 1.18. The maximum absolute atomic E-state index is 13.1. The van der Waals surface area contributed by atoms with Crippen LogP contribution in [-0.4, -0.2) is 42.3 Å². The van der Waals surface area contributed by atoms with Crippen molar-refractivity contribution in [1.29, 1.82) is 0 Å². The molecule has 8 nitrogen and oxygen atoms in total. The van der Waals surface area contributed by atoms with Crippen LogP contribution in [0.3, 0.4) is 0 Å². The molecule has 0 aliphatic carbocycles. The Morgan fingerprint density at radius 3 is 2.33 bits per heavy atom. The van der Waals surface area contributed by atoms with E-state index >= 15 is 0 Å². The lowest BCUT2D eigenvalue weighted by Crippen LogP contribution is -2.42. The monoisotopic (exact) mass is 456 g/mol. The predicted molar refractivity (Wildman–Crippen MR) is 111 cm³/mol. The summed E-state index contributed by atoms with van der Waals surface area (Å²) in [6.07, 6.45) is -2.39. The molecule has 0 radical (unpaired) electrons. The number of esters is 2. The minimum Gasteiger partial charge on any atom is -0.466 e. The number of rotatable bonds is 6. The normalized spacial score (nSPS) is 17.5. The van der Waals surface area contributed by atoms with Gasteiger partial charge in [-0.3, -0.25) is 4.79 Å². The zero-order valence-electron chi connectivity index (χ0n) is 16.8. The molecule has 1 heterocycles. The van der Waals surface area contributed by atoms with Gasteiger partial charge in [0.05, 0.1) is 46.0 Å². The summed E-state index contributed by atoms with van der Waals surface area (Å²) in [5, 5.41) is 13.4. The van der Waals surface area contributed by atoms with Gasteiger partial charge in [-0.05, 0) is 32.4 Å². The van der Waals surface area contributed by atoms with Crippen molar-refractivity contribution in [2.75, 3.05) is 7.11 Å². The van der Waals surface area contributed by atoms with Gasteiger partial charge < -0.3 is 25.6 Å². The third-order valence-corrected chi connectivity index (χ3v) is 5.23. The van der Waals surface area contributed by atoms with Crippen molar-refractivity contribution in [1.82, 2.24) is 5.32 Å². The van der Waals surface area contributed by atoms with Crippen molar-refractivity contribution in [2.45, 2.75) is 38.9 Å². The Labute approximate surface area is 183 Å². The van der Waals surface area contributed by atoms with E-state index in [0.29, 0.717) is 0 Å². The summed E-state index contributed by atoms with van der Waals surface area (Å²) in [6.45, 7) is 4.78. The van der Waals surface area contributed by atoms with Gasteiger partial charge in [0.1, 0.15) is 0 Å². The van der Waals surface area contributed by atoms with E-state index in [9.17, 15) is 19.5 Å². The number of allylic oxidation sites excluding steroid dienone is 1. The highest BCUT2D eigenvalue weighted by Crippen LogP contribution is 2.44. The van der Waals surface area contributed by atoms with Crippen molar-refractivity contribution < 1.29 is 29.0 Å². The average Bonchev–Trinajstić information content (AvgIpc) is 2.67. The van der Waals surface area contributed by atoms with Crippen molar-refractivity contribution in [2.24, 2.45) is 5.73 Å². The van der Waals surface area contributed by atoms with E-state index in [1.165, 1.54) is 20.1 Å². The van der Waals surface area contributed by atoms with E-state index in [2.05, 4.69) is 5.32 Å². The molecule has 30 heavy (non-hydrogen) atoms. The molecule has 162 valence electrons. The van der Waals surface area contributed by atoms with Crippen molar-refractivity contribution >= 4 is 41.0 Å². The highest BCUT2D eigenvalue weighted by molar-refractivity contribution is 6.42. The summed E-state index contributed by atoms with van der Waals surface area (Å²) in [6, 6.07) is 4.70. The van der Waals surface area contributed by atoms with Crippen LogP contribution in [0.4, 0.5) is 0 Å². The molecular weight excluding hydrogens is 435 g/mol. The third-order valence-electron chi connectivity index (χ3n) is 4.40. The highest BCUT2D eigenvalue weighted by atomic mass is 35.5. The zero-order valence-corrected chi connectivity index (χ0v) is 18.3. The SMILES string of the molecule is COC(=O)C1=C(C)NC(C(O)C(N)=O)=C(C(=O)OC(C)C)C1c1cccc(Cl)c1Cl. The van der Waals surface area contributed by atoms with Crippen LogP contribution in [0, 0.1) is 0 Å². The van der Waals surface area contributed by atoms with Gasteiger partial charge in [0.15, 0.2) is 6.10 Å². The summed E-state index contributed by atoms with van der Waals surface area (Å²) in [5.41, 5.74) is 5.41. The smallest absolute Gasteiger partial charge is 0.337 e. The zero-order chi connectivity index (χ0) is 22.7. The number of primary amides is 1. The second kappa shape index (κ2) is 9.51. The lowest BCUT2D eigenvalue weighted by Gasteiger charge is -2.33. The summed E-state index contributed by atoms with van der Waals surface area (Å²) in [5.74, 6) is -3.86. The molecule has 2 rings (SSSR count). The Morgan fingerprint density at radius 2 is 1.80 bits per heavy atom. The van der Waals surface area contributed by atoms with Crippen LogP contribution < -0.4 is 11.1 Å². The van der Waals surface area contributed by atoms with E-state index in [4.69, 9.17) is 38.4 Å². The topological polar surface area (TPSA) is 128 Å². The number of amides is 1. The minimum atomic E-state index is -1.87. The van der Waals surface area contributed by atoms with Gasteiger partial charge >= 0.3 is 11.9 Å². The van der Waals surface area contributed by atoms with Gasteiger partial charge in [-0.15, -0.1) is 0 Å². The molecule has 2 atom stereocenters. The lowest BCUT2D eigenvalue weighted by molar-refractivity contribution is -0.143. The minimum absolute atomic E-state index is 0.0396. The maximum Gasteiger partial charge on any atom is 0.337 e. The van der Waals surface area contributed by atoms with Crippen molar-refractivity contribution in [3.8, 4) is 0 Å². The largest absolute Gasteiger partial charge is 0.466 e. The Morgan fingerprint density at radius 1 is 1.17 bits per heavy atom. The summed E-state index contributed by atoms with van der Waals surface area (Å²) < 4.78 is 10.2. The standard InChI is InChI=1S/C20H22Cl2N2O6/c1-8(2)30-20(28)14-13(10-6-5-7-11(21)15(10)22)12(19(27)29-4)9(3)24-16(14)17(25)18(23)26/h5-8,13,17,24-25H,1-4H3,(H2,23,26). The number of carbonyl (C=O) groups excluding carboxylic acids is 3. The van der Waals surface area contributed by atoms with Crippen LogP contribution in [0.2, 0.25) is 10.0 Å². The molecule has 0 saturated carbocycles. The predicted octanol–water partition coefficient (Wildman–Crippen LogP) is 2.18. The molecule has 1 aliphatic rings. The quantitative estimate of drug-likeness (QED) is 0.559. The molecule has 0 fully saturated rings. The third kappa shape index (κ3) is 4.61. The molecule has 1 aliphatic heterocycles. The number of nitrogens with two attached hydrogens (primary N) is 1. The van der Waals surface area contributed by atoms with Crippen LogP contribution in [0.5, 0.6) is 0 Å². The number of nitrogens with one attached hydrogen (secondary N) is 1. The fraction of sp³-hybridized carbons (Fsp3) is 0.350. The lowest BCUT2D eigenvalue weighted by atomic mass is 9.79. The molecule has 1 aromatic rings. The van der Waals surface area contributed by atoms with Crippen LogP contribution in [-0.2, 0) is 23.9 Å². The number of hydrogen-bond acceptors (Lipinski definition) is 7. The molecule has 1 aromatic carbocycles. The number of dihydropyridines is 1. The first kappa shape index (κ1) is 23.7. The molecule has 0 saturated heterocycles. The first-order chi connectivity index (χ1) is 14.0. The molecule has 0 aromatic heterocycles.